The van der Waals surface area contributed by atoms with Crippen molar-refractivity contribution in [2.24, 2.45) is 5.92 Å². The number of aryl methyl sites for hydroxylation is 2. The Bertz CT molecular complexity index is 703. The standard InChI is InChI=1S/C21H33N5O/c1-5-8-15(4)19(27)23-21(11-12-21)16-9-13-26(14-10-16)20-22-17(6-2)18(7-3)24-25-20/h8,16H,5-7,9-14H2,1-4H3,(H,23,27)/b15-8+. The maximum atomic E-state index is 12.4. The van der Waals surface area contributed by atoms with Gasteiger partial charge in [0.2, 0.25) is 11.9 Å². The number of nitrogens with zero attached hydrogens (tertiary/aromatic N) is 4. The van der Waals surface area contributed by atoms with Crippen LogP contribution in [-0.2, 0) is 17.6 Å². The average molecular weight is 372 g/mol. The van der Waals surface area contributed by atoms with Crippen molar-refractivity contribution in [3.63, 3.8) is 0 Å². The number of amides is 1. The van der Waals surface area contributed by atoms with E-state index in [9.17, 15) is 4.79 Å². The van der Waals surface area contributed by atoms with Crippen LogP contribution in [0.25, 0.3) is 0 Å². The average Bonchev–Trinajstić information content (AvgIpc) is 3.48. The Morgan fingerprint density at radius 3 is 2.37 bits per heavy atom. The van der Waals surface area contributed by atoms with Gasteiger partial charge in [-0.15, -0.1) is 5.10 Å². The molecule has 2 fully saturated rings. The van der Waals surface area contributed by atoms with E-state index in [1.54, 1.807) is 0 Å². The van der Waals surface area contributed by atoms with Gasteiger partial charge in [-0.1, -0.05) is 26.8 Å². The summed E-state index contributed by atoms with van der Waals surface area (Å²) in [7, 11) is 0. The van der Waals surface area contributed by atoms with Crippen LogP contribution in [0.15, 0.2) is 11.6 Å². The normalized spacial score (nSPS) is 19.9. The van der Waals surface area contributed by atoms with Gasteiger partial charge in [0.1, 0.15) is 0 Å². The number of rotatable bonds is 7. The minimum Gasteiger partial charge on any atom is -0.347 e. The van der Waals surface area contributed by atoms with Crippen molar-refractivity contribution in [1.82, 2.24) is 20.5 Å². The van der Waals surface area contributed by atoms with Crippen molar-refractivity contribution >= 4 is 11.9 Å². The summed E-state index contributed by atoms with van der Waals surface area (Å²) in [6.07, 6.45) is 9.01. The SMILES string of the molecule is CC/C=C(\C)C(=O)NC1(C2CCN(c3nnc(CC)c(CC)n3)CC2)CC1. The van der Waals surface area contributed by atoms with Crippen LogP contribution in [0.1, 0.15) is 71.2 Å². The Balaban J connectivity index is 1.60. The van der Waals surface area contributed by atoms with Gasteiger partial charge in [-0.3, -0.25) is 4.79 Å². The number of aromatic nitrogens is 3. The minimum absolute atomic E-state index is 0.0196. The number of hydrogen-bond donors (Lipinski definition) is 1. The quantitative estimate of drug-likeness (QED) is 0.745. The zero-order valence-electron chi connectivity index (χ0n) is 17.2. The second-order valence-corrected chi connectivity index (χ2v) is 7.88. The highest BCUT2D eigenvalue weighted by molar-refractivity contribution is 5.93. The van der Waals surface area contributed by atoms with Crippen LogP contribution in [0.3, 0.4) is 0 Å². The lowest BCUT2D eigenvalue weighted by Crippen LogP contribution is -2.48. The van der Waals surface area contributed by atoms with Crippen molar-refractivity contribution < 1.29 is 4.79 Å². The van der Waals surface area contributed by atoms with Gasteiger partial charge in [-0.2, -0.15) is 5.10 Å². The molecule has 0 bridgehead atoms. The summed E-state index contributed by atoms with van der Waals surface area (Å²) in [6.45, 7) is 10.1. The largest absolute Gasteiger partial charge is 0.347 e. The van der Waals surface area contributed by atoms with Crippen LogP contribution in [0.2, 0.25) is 0 Å². The summed E-state index contributed by atoms with van der Waals surface area (Å²) in [5, 5.41) is 12.1. The van der Waals surface area contributed by atoms with E-state index in [4.69, 9.17) is 4.98 Å². The van der Waals surface area contributed by atoms with Gasteiger partial charge in [0.25, 0.3) is 0 Å². The summed E-state index contributed by atoms with van der Waals surface area (Å²) in [4.78, 5) is 19.4. The molecule has 148 valence electrons. The lowest BCUT2D eigenvalue weighted by atomic mass is 9.87. The first-order valence-electron chi connectivity index (χ1n) is 10.5. The monoisotopic (exact) mass is 371 g/mol. The molecule has 1 aromatic heterocycles. The number of anilines is 1. The molecule has 0 spiro atoms. The Hall–Kier alpha value is -1.98. The predicted molar refractivity (Wildman–Crippen MR) is 108 cm³/mol. The molecule has 1 saturated carbocycles. The first-order valence-corrected chi connectivity index (χ1v) is 10.5. The number of piperidine rings is 1. The van der Waals surface area contributed by atoms with Crippen molar-refractivity contribution in [3.05, 3.63) is 23.0 Å². The molecule has 0 radical (unpaired) electrons. The fourth-order valence-corrected chi connectivity index (χ4v) is 4.19. The number of carbonyl (C=O) groups is 1. The van der Waals surface area contributed by atoms with Gasteiger partial charge in [-0.05, 0) is 57.8 Å². The molecule has 6 heteroatoms. The van der Waals surface area contributed by atoms with E-state index in [0.29, 0.717) is 5.92 Å². The van der Waals surface area contributed by atoms with Crippen molar-refractivity contribution in [3.8, 4) is 0 Å². The molecule has 27 heavy (non-hydrogen) atoms. The first kappa shape index (κ1) is 19.8. The third kappa shape index (κ3) is 4.30. The van der Waals surface area contributed by atoms with Gasteiger partial charge >= 0.3 is 0 Å². The molecule has 3 rings (SSSR count). The Morgan fingerprint density at radius 2 is 1.81 bits per heavy atom. The van der Waals surface area contributed by atoms with E-state index in [-0.39, 0.29) is 11.4 Å². The first-order chi connectivity index (χ1) is 13.0. The molecule has 0 atom stereocenters. The Morgan fingerprint density at radius 1 is 1.15 bits per heavy atom. The molecule has 1 aliphatic heterocycles. The predicted octanol–water partition coefficient (Wildman–Crippen LogP) is 3.22. The Labute approximate surface area is 162 Å². The molecule has 2 aliphatic rings. The fraction of sp³-hybridized carbons (Fsp3) is 0.714. The molecule has 1 N–H and O–H groups in total. The lowest BCUT2D eigenvalue weighted by molar-refractivity contribution is -0.118. The third-order valence-corrected chi connectivity index (χ3v) is 6.08. The molecule has 1 aromatic rings. The van der Waals surface area contributed by atoms with E-state index >= 15 is 0 Å². The fourth-order valence-electron chi connectivity index (χ4n) is 4.19. The van der Waals surface area contributed by atoms with Crippen LogP contribution in [-0.4, -0.2) is 39.7 Å². The number of carbonyl (C=O) groups excluding carboxylic acids is 1. The van der Waals surface area contributed by atoms with Gasteiger partial charge < -0.3 is 10.2 Å². The summed E-state index contributed by atoms with van der Waals surface area (Å²) >= 11 is 0. The van der Waals surface area contributed by atoms with E-state index in [1.807, 2.05) is 13.0 Å². The molecule has 1 aliphatic carbocycles. The summed E-state index contributed by atoms with van der Waals surface area (Å²) in [6, 6.07) is 0. The summed E-state index contributed by atoms with van der Waals surface area (Å²) in [5.74, 6) is 1.41. The molecule has 6 nitrogen and oxygen atoms in total. The van der Waals surface area contributed by atoms with Crippen molar-refractivity contribution in [2.45, 2.75) is 78.2 Å². The van der Waals surface area contributed by atoms with Crippen LogP contribution in [0.4, 0.5) is 5.95 Å². The van der Waals surface area contributed by atoms with Gasteiger partial charge in [-0.25, -0.2) is 4.98 Å². The van der Waals surface area contributed by atoms with E-state index in [0.717, 1.165) is 80.9 Å². The van der Waals surface area contributed by atoms with Gasteiger partial charge in [0, 0.05) is 24.2 Å². The maximum absolute atomic E-state index is 12.4. The molecular weight excluding hydrogens is 338 g/mol. The van der Waals surface area contributed by atoms with Crippen LogP contribution in [0.5, 0.6) is 0 Å². The summed E-state index contributed by atoms with van der Waals surface area (Å²) in [5.41, 5.74) is 2.93. The highest BCUT2D eigenvalue weighted by Crippen LogP contribution is 2.47. The molecule has 1 saturated heterocycles. The van der Waals surface area contributed by atoms with Gasteiger partial charge in [0.05, 0.1) is 11.4 Å². The molecule has 0 aromatic carbocycles. The second kappa shape index (κ2) is 8.36. The van der Waals surface area contributed by atoms with Crippen LogP contribution < -0.4 is 10.2 Å². The van der Waals surface area contributed by atoms with Crippen LogP contribution >= 0.6 is 0 Å². The van der Waals surface area contributed by atoms with E-state index in [1.165, 1.54) is 0 Å². The van der Waals surface area contributed by atoms with Crippen LogP contribution in [0, 0.1) is 5.92 Å². The number of allylic oxidation sites excluding steroid dienone is 1. The zero-order valence-corrected chi connectivity index (χ0v) is 17.2. The smallest absolute Gasteiger partial charge is 0.247 e. The van der Waals surface area contributed by atoms with Gasteiger partial charge in [0.15, 0.2) is 0 Å². The Kier molecular flexibility index (Phi) is 6.12. The van der Waals surface area contributed by atoms with Crippen molar-refractivity contribution in [2.75, 3.05) is 18.0 Å². The molecular formula is C21H33N5O. The lowest BCUT2D eigenvalue weighted by Gasteiger charge is -2.36. The zero-order chi connectivity index (χ0) is 19.4. The highest BCUT2D eigenvalue weighted by atomic mass is 16.1. The summed E-state index contributed by atoms with van der Waals surface area (Å²) < 4.78 is 0. The molecule has 2 heterocycles. The number of nitrogens with one attached hydrogen (secondary N) is 1. The maximum Gasteiger partial charge on any atom is 0.247 e. The molecule has 0 unspecified atom stereocenters. The minimum atomic E-state index is 0.0196. The van der Waals surface area contributed by atoms with Crippen molar-refractivity contribution in [1.29, 1.82) is 0 Å². The topological polar surface area (TPSA) is 71.0 Å². The highest BCUT2D eigenvalue weighted by Gasteiger charge is 2.51. The number of hydrogen-bond acceptors (Lipinski definition) is 5. The molecule has 1 amide bonds. The second-order valence-electron chi connectivity index (χ2n) is 7.88. The third-order valence-electron chi connectivity index (χ3n) is 6.08. The van der Waals surface area contributed by atoms with E-state index < -0.39 is 0 Å². The van der Waals surface area contributed by atoms with E-state index in [2.05, 4.69) is 41.2 Å².